The molecule has 0 spiro atoms. The molecule has 0 aromatic rings. The molecule has 0 radical (unpaired) electrons. The van der Waals surface area contributed by atoms with E-state index in [1.165, 1.54) is 25.9 Å². The van der Waals surface area contributed by atoms with Gasteiger partial charge in [0.05, 0.1) is 18.8 Å². The lowest BCUT2D eigenvalue weighted by molar-refractivity contribution is -0.0708. The third kappa shape index (κ3) is 3.19. The van der Waals surface area contributed by atoms with E-state index in [1.807, 2.05) is 0 Å². The van der Waals surface area contributed by atoms with Crippen LogP contribution in [0.4, 0.5) is 0 Å². The molecule has 0 aliphatic carbocycles. The van der Waals surface area contributed by atoms with Crippen LogP contribution >= 0.6 is 0 Å². The number of aliphatic hydroxyl groups is 1. The summed E-state index contributed by atoms with van der Waals surface area (Å²) in [7, 11) is 2.15. The Labute approximate surface area is 105 Å². The predicted octanol–water partition coefficient (Wildman–Crippen LogP) is 0.552. The van der Waals surface area contributed by atoms with Crippen LogP contribution in [0.25, 0.3) is 0 Å². The van der Waals surface area contributed by atoms with E-state index >= 15 is 0 Å². The molecule has 4 nitrogen and oxygen atoms in total. The van der Waals surface area contributed by atoms with Gasteiger partial charge in [-0.15, -0.1) is 0 Å². The highest BCUT2D eigenvalue weighted by Crippen LogP contribution is 2.21. The number of nitrogens with zero attached hydrogens (tertiary/aromatic N) is 2. The van der Waals surface area contributed by atoms with Crippen LogP contribution in [0.2, 0.25) is 0 Å². The quantitative estimate of drug-likeness (QED) is 0.784. The highest BCUT2D eigenvalue weighted by Gasteiger charge is 2.32. The Hall–Kier alpha value is -0.160. The minimum Gasteiger partial charge on any atom is -0.391 e. The van der Waals surface area contributed by atoms with Crippen LogP contribution in [0.3, 0.4) is 0 Å². The molecule has 2 unspecified atom stereocenters. The van der Waals surface area contributed by atoms with Crippen molar-refractivity contribution in [3.05, 3.63) is 0 Å². The lowest BCUT2D eigenvalue weighted by Gasteiger charge is -2.42. The number of likely N-dealkylation sites (tertiary alicyclic amines) is 1. The van der Waals surface area contributed by atoms with Gasteiger partial charge in [0.1, 0.15) is 0 Å². The largest absolute Gasteiger partial charge is 0.391 e. The first kappa shape index (κ1) is 13.3. The molecule has 4 heteroatoms. The van der Waals surface area contributed by atoms with Gasteiger partial charge in [-0.05, 0) is 45.9 Å². The van der Waals surface area contributed by atoms with E-state index < -0.39 is 0 Å². The average molecular weight is 242 g/mol. The van der Waals surface area contributed by atoms with Gasteiger partial charge in [-0.3, -0.25) is 4.90 Å². The molecule has 2 aliphatic heterocycles. The van der Waals surface area contributed by atoms with E-state index in [0.717, 1.165) is 13.0 Å². The molecule has 2 atom stereocenters. The third-order valence-electron chi connectivity index (χ3n) is 4.39. The fourth-order valence-electron chi connectivity index (χ4n) is 3.01. The minimum atomic E-state index is -0.210. The Bertz CT molecular complexity index is 229. The Balaban J connectivity index is 1.85. The summed E-state index contributed by atoms with van der Waals surface area (Å²) in [5, 5.41) is 10.0. The van der Waals surface area contributed by atoms with Crippen molar-refractivity contribution in [2.24, 2.45) is 0 Å². The van der Waals surface area contributed by atoms with Crippen molar-refractivity contribution in [3.63, 3.8) is 0 Å². The summed E-state index contributed by atoms with van der Waals surface area (Å²) in [5.74, 6) is 0. The van der Waals surface area contributed by atoms with Crippen molar-refractivity contribution >= 4 is 0 Å². The maximum Gasteiger partial charge on any atom is 0.0739 e. The van der Waals surface area contributed by atoms with Crippen molar-refractivity contribution in [1.29, 1.82) is 0 Å². The zero-order valence-corrected chi connectivity index (χ0v) is 11.1. The van der Waals surface area contributed by atoms with Crippen molar-refractivity contribution in [2.75, 3.05) is 39.9 Å². The number of hydrogen-bond donors (Lipinski definition) is 1. The Kier molecular flexibility index (Phi) is 4.79. The molecule has 0 aromatic heterocycles. The molecule has 17 heavy (non-hydrogen) atoms. The Morgan fingerprint density at radius 1 is 1.29 bits per heavy atom. The molecule has 2 fully saturated rings. The van der Waals surface area contributed by atoms with Gasteiger partial charge in [-0.1, -0.05) is 6.92 Å². The van der Waals surface area contributed by atoms with E-state index in [2.05, 4.69) is 23.8 Å². The van der Waals surface area contributed by atoms with Gasteiger partial charge in [0.2, 0.25) is 0 Å². The van der Waals surface area contributed by atoms with E-state index in [-0.39, 0.29) is 12.1 Å². The number of piperidine rings is 1. The van der Waals surface area contributed by atoms with Crippen LogP contribution in [-0.4, -0.2) is 73.0 Å². The lowest BCUT2D eigenvalue weighted by Crippen LogP contribution is -2.54. The van der Waals surface area contributed by atoms with Crippen molar-refractivity contribution in [2.45, 2.75) is 44.4 Å². The zero-order chi connectivity index (χ0) is 12.3. The molecule has 0 bridgehead atoms. The molecule has 0 aromatic carbocycles. The van der Waals surface area contributed by atoms with Gasteiger partial charge < -0.3 is 14.7 Å². The van der Waals surface area contributed by atoms with Crippen LogP contribution < -0.4 is 0 Å². The van der Waals surface area contributed by atoms with Crippen molar-refractivity contribution in [1.82, 2.24) is 9.80 Å². The molecule has 2 aliphatic rings. The van der Waals surface area contributed by atoms with Crippen molar-refractivity contribution in [3.8, 4) is 0 Å². The predicted molar refractivity (Wildman–Crippen MR) is 68.1 cm³/mol. The number of hydrogen-bond acceptors (Lipinski definition) is 4. The second kappa shape index (κ2) is 6.14. The second-order valence-corrected chi connectivity index (χ2v) is 5.33. The maximum absolute atomic E-state index is 10.0. The highest BCUT2D eigenvalue weighted by molar-refractivity contribution is 4.86. The van der Waals surface area contributed by atoms with Gasteiger partial charge in [0.25, 0.3) is 0 Å². The number of aliphatic hydroxyl groups excluding tert-OH is 1. The van der Waals surface area contributed by atoms with E-state index in [1.54, 1.807) is 0 Å². The molecular formula is C13H26N2O2. The first-order chi connectivity index (χ1) is 8.22. The molecule has 100 valence electrons. The van der Waals surface area contributed by atoms with Gasteiger partial charge in [-0.25, -0.2) is 0 Å². The maximum atomic E-state index is 10.0. The number of ether oxygens (including phenoxy) is 1. The van der Waals surface area contributed by atoms with E-state index in [4.69, 9.17) is 4.74 Å². The summed E-state index contributed by atoms with van der Waals surface area (Å²) in [4.78, 5) is 4.86. The molecular weight excluding hydrogens is 216 g/mol. The van der Waals surface area contributed by atoms with Crippen molar-refractivity contribution < 1.29 is 9.84 Å². The molecule has 0 amide bonds. The van der Waals surface area contributed by atoms with Crippen LogP contribution in [0.15, 0.2) is 0 Å². The number of likely N-dealkylation sites (N-methyl/N-ethyl adjacent to an activating group) is 1. The van der Waals surface area contributed by atoms with Gasteiger partial charge >= 0.3 is 0 Å². The summed E-state index contributed by atoms with van der Waals surface area (Å²) in [6, 6.07) is 0.807. The SMILES string of the molecule is CCN1CCC(N(C)C2COCCC2O)CC1. The second-order valence-electron chi connectivity index (χ2n) is 5.33. The average Bonchev–Trinajstić information content (AvgIpc) is 2.39. The fraction of sp³-hybridized carbons (Fsp3) is 1.00. The Morgan fingerprint density at radius 2 is 2.00 bits per heavy atom. The summed E-state index contributed by atoms with van der Waals surface area (Å²) in [5.41, 5.74) is 0. The normalized spacial score (nSPS) is 33.2. The molecule has 1 N–H and O–H groups in total. The molecule has 2 heterocycles. The summed E-state index contributed by atoms with van der Waals surface area (Å²) >= 11 is 0. The van der Waals surface area contributed by atoms with Gasteiger partial charge in [-0.2, -0.15) is 0 Å². The smallest absolute Gasteiger partial charge is 0.0739 e. The standard InChI is InChI=1S/C13H26N2O2/c1-3-15-7-4-11(5-8-15)14(2)12-10-17-9-6-13(12)16/h11-13,16H,3-10H2,1-2H3. The molecule has 2 saturated heterocycles. The van der Waals surface area contributed by atoms with Gasteiger partial charge in [0.15, 0.2) is 0 Å². The first-order valence-electron chi connectivity index (χ1n) is 6.92. The summed E-state index contributed by atoms with van der Waals surface area (Å²) in [6.45, 7) is 7.16. The summed E-state index contributed by atoms with van der Waals surface area (Å²) in [6.07, 6.45) is 3.00. The van der Waals surface area contributed by atoms with E-state index in [0.29, 0.717) is 19.3 Å². The highest BCUT2D eigenvalue weighted by atomic mass is 16.5. The monoisotopic (exact) mass is 242 g/mol. The van der Waals surface area contributed by atoms with Crippen LogP contribution in [0, 0.1) is 0 Å². The third-order valence-corrected chi connectivity index (χ3v) is 4.39. The lowest BCUT2D eigenvalue weighted by atomic mass is 9.98. The van der Waals surface area contributed by atoms with E-state index in [9.17, 15) is 5.11 Å². The number of rotatable bonds is 3. The topological polar surface area (TPSA) is 35.9 Å². The fourth-order valence-corrected chi connectivity index (χ4v) is 3.01. The summed E-state index contributed by atoms with van der Waals surface area (Å²) < 4.78 is 5.49. The molecule has 2 rings (SSSR count). The van der Waals surface area contributed by atoms with Gasteiger partial charge in [0, 0.05) is 12.6 Å². The first-order valence-corrected chi connectivity index (χ1v) is 6.92. The van der Waals surface area contributed by atoms with Crippen LogP contribution in [0.5, 0.6) is 0 Å². The molecule has 0 saturated carbocycles. The minimum absolute atomic E-state index is 0.196. The van der Waals surface area contributed by atoms with Crippen LogP contribution in [0.1, 0.15) is 26.2 Å². The van der Waals surface area contributed by atoms with Crippen LogP contribution in [-0.2, 0) is 4.74 Å². The zero-order valence-electron chi connectivity index (χ0n) is 11.1. The Morgan fingerprint density at radius 3 is 2.59 bits per heavy atom.